The van der Waals surface area contributed by atoms with Crippen molar-refractivity contribution in [3.05, 3.63) is 0 Å². The average molecular weight is 306 g/mol. The van der Waals surface area contributed by atoms with E-state index in [1.807, 2.05) is 0 Å². The van der Waals surface area contributed by atoms with Gasteiger partial charge < -0.3 is 0 Å². The highest BCUT2D eigenvalue weighted by Crippen LogP contribution is 2.37. The molecule has 1 aliphatic heterocycles. The van der Waals surface area contributed by atoms with Gasteiger partial charge >= 0.3 is 0 Å². The van der Waals surface area contributed by atoms with Crippen molar-refractivity contribution in [2.75, 3.05) is 27.9 Å². The van der Waals surface area contributed by atoms with Gasteiger partial charge in [0, 0.05) is 32.7 Å². The third kappa shape index (κ3) is 2.32. The molecule has 0 amide bonds. The Morgan fingerprint density at radius 1 is 1.20 bits per heavy atom. The normalized spacial score (nSPS) is 24.6. The molecule has 0 aromatic carbocycles. The standard InChI is InChI=1S/C6H10Br2S2/c7-3-6(4-8)5-9-1-2-10-6/h1-5H2. The van der Waals surface area contributed by atoms with Crippen LogP contribution in [0.3, 0.4) is 0 Å². The maximum atomic E-state index is 3.56. The molecular formula is C6H10Br2S2. The fourth-order valence-electron chi connectivity index (χ4n) is 0.807. The van der Waals surface area contributed by atoms with Crippen LogP contribution >= 0.6 is 55.4 Å². The summed E-state index contributed by atoms with van der Waals surface area (Å²) in [5.41, 5.74) is 0. The van der Waals surface area contributed by atoms with E-state index < -0.39 is 0 Å². The van der Waals surface area contributed by atoms with Gasteiger partial charge in [-0.1, -0.05) is 31.9 Å². The summed E-state index contributed by atoms with van der Waals surface area (Å²) in [6, 6.07) is 0. The lowest BCUT2D eigenvalue weighted by Gasteiger charge is -2.32. The van der Waals surface area contributed by atoms with Gasteiger partial charge in [0.2, 0.25) is 0 Å². The predicted molar refractivity (Wildman–Crippen MR) is 60.1 cm³/mol. The monoisotopic (exact) mass is 304 g/mol. The summed E-state index contributed by atoms with van der Waals surface area (Å²) in [5.74, 6) is 3.92. The number of halogens is 2. The molecule has 1 rings (SSSR count). The van der Waals surface area contributed by atoms with Crippen LogP contribution in [-0.2, 0) is 0 Å². The number of thioether (sulfide) groups is 2. The maximum absolute atomic E-state index is 3.56. The molecule has 4 heteroatoms. The molecule has 1 saturated heterocycles. The van der Waals surface area contributed by atoms with E-state index in [0.717, 1.165) is 10.7 Å². The SMILES string of the molecule is BrCC1(CBr)CSCCS1. The molecule has 0 bridgehead atoms. The van der Waals surface area contributed by atoms with Crippen LogP contribution in [0, 0.1) is 0 Å². The highest BCUT2D eigenvalue weighted by Gasteiger charge is 2.30. The molecule has 1 heterocycles. The molecule has 0 spiro atoms. The van der Waals surface area contributed by atoms with Crippen molar-refractivity contribution in [3.63, 3.8) is 0 Å². The molecule has 0 nitrogen and oxygen atoms in total. The van der Waals surface area contributed by atoms with Crippen LogP contribution in [-0.4, -0.2) is 32.7 Å². The largest absolute Gasteiger partial charge is 0.160 e. The number of hydrogen-bond acceptors (Lipinski definition) is 2. The van der Waals surface area contributed by atoms with Crippen molar-refractivity contribution in [1.29, 1.82) is 0 Å². The zero-order chi connectivity index (χ0) is 7.45. The van der Waals surface area contributed by atoms with Gasteiger partial charge in [0.05, 0.1) is 0 Å². The zero-order valence-electron chi connectivity index (χ0n) is 5.61. The summed E-state index contributed by atoms with van der Waals surface area (Å²) >= 11 is 11.3. The van der Waals surface area contributed by atoms with Gasteiger partial charge in [-0.2, -0.15) is 23.5 Å². The predicted octanol–water partition coefficient (Wildman–Crippen LogP) is 3.00. The Hall–Kier alpha value is 1.66. The van der Waals surface area contributed by atoms with Crippen LogP contribution in [0.2, 0.25) is 0 Å². The molecule has 10 heavy (non-hydrogen) atoms. The van der Waals surface area contributed by atoms with Crippen molar-refractivity contribution in [2.45, 2.75) is 4.75 Å². The molecule has 0 saturated carbocycles. The fraction of sp³-hybridized carbons (Fsp3) is 1.00. The number of alkyl halides is 2. The van der Waals surface area contributed by atoms with E-state index in [-0.39, 0.29) is 0 Å². The summed E-state index contributed by atoms with van der Waals surface area (Å²) in [5, 5.41) is 2.23. The molecule has 0 atom stereocenters. The van der Waals surface area contributed by atoms with Gasteiger partial charge in [0.15, 0.2) is 0 Å². The van der Waals surface area contributed by atoms with Gasteiger partial charge in [0.1, 0.15) is 0 Å². The van der Waals surface area contributed by atoms with Crippen LogP contribution < -0.4 is 0 Å². The summed E-state index contributed by atoms with van der Waals surface area (Å²) < 4.78 is 0.475. The van der Waals surface area contributed by atoms with Crippen LogP contribution in [0.1, 0.15) is 0 Å². The molecule has 1 aliphatic rings. The van der Waals surface area contributed by atoms with Gasteiger partial charge in [-0.3, -0.25) is 0 Å². The number of rotatable bonds is 2. The molecule has 0 aromatic heterocycles. The first-order valence-corrected chi connectivity index (χ1v) is 7.55. The lowest BCUT2D eigenvalue weighted by molar-refractivity contribution is 0.852. The fourth-order valence-corrected chi connectivity index (χ4v) is 6.32. The Morgan fingerprint density at radius 2 is 1.90 bits per heavy atom. The van der Waals surface area contributed by atoms with E-state index >= 15 is 0 Å². The topological polar surface area (TPSA) is 0 Å². The first kappa shape index (κ1) is 9.75. The average Bonchev–Trinajstić information content (AvgIpc) is 2.06. The van der Waals surface area contributed by atoms with E-state index in [4.69, 9.17) is 0 Å². The quantitative estimate of drug-likeness (QED) is 0.719. The molecule has 0 unspecified atom stereocenters. The van der Waals surface area contributed by atoms with Crippen molar-refractivity contribution >= 4 is 55.4 Å². The van der Waals surface area contributed by atoms with Crippen LogP contribution in [0.4, 0.5) is 0 Å². The van der Waals surface area contributed by atoms with Crippen LogP contribution in [0.5, 0.6) is 0 Å². The van der Waals surface area contributed by atoms with E-state index in [2.05, 4.69) is 55.4 Å². The third-order valence-electron chi connectivity index (χ3n) is 1.49. The lowest BCUT2D eigenvalue weighted by atomic mass is 10.2. The number of hydrogen-bond donors (Lipinski definition) is 0. The van der Waals surface area contributed by atoms with E-state index in [1.54, 1.807) is 0 Å². The Balaban J connectivity index is 2.44. The van der Waals surface area contributed by atoms with Crippen molar-refractivity contribution in [2.24, 2.45) is 0 Å². The van der Waals surface area contributed by atoms with Crippen LogP contribution in [0.15, 0.2) is 0 Å². The molecule has 0 radical (unpaired) electrons. The van der Waals surface area contributed by atoms with Crippen LogP contribution in [0.25, 0.3) is 0 Å². The van der Waals surface area contributed by atoms with Gasteiger partial charge in [-0.05, 0) is 0 Å². The van der Waals surface area contributed by atoms with Gasteiger partial charge in [-0.25, -0.2) is 0 Å². The summed E-state index contributed by atoms with van der Waals surface area (Å²) in [6.45, 7) is 0. The molecule has 0 aromatic rings. The van der Waals surface area contributed by atoms with Crippen molar-refractivity contribution in [3.8, 4) is 0 Å². The second kappa shape index (κ2) is 4.63. The van der Waals surface area contributed by atoms with Gasteiger partial charge in [0.25, 0.3) is 0 Å². The summed E-state index contributed by atoms with van der Waals surface area (Å²) in [6.07, 6.45) is 0. The molecule has 0 aliphatic carbocycles. The molecule has 0 N–H and O–H groups in total. The highest BCUT2D eigenvalue weighted by atomic mass is 79.9. The second-order valence-electron chi connectivity index (χ2n) is 2.35. The highest BCUT2D eigenvalue weighted by molar-refractivity contribution is 9.10. The van der Waals surface area contributed by atoms with Crippen molar-refractivity contribution < 1.29 is 0 Å². The molecule has 60 valence electrons. The molecule has 1 fully saturated rings. The summed E-state index contributed by atoms with van der Waals surface area (Å²) in [4.78, 5) is 0. The first-order valence-electron chi connectivity index (χ1n) is 3.17. The minimum Gasteiger partial charge on any atom is -0.160 e. The van der Waals surface area contributed by atoms with E-state index in [0.29, 0.717) is 4.75 Å². The third-order valence-corrected chi connectivity index (χ3v) is 7.52. The zero-order valence-corrected chi connectivity index (χ0v) is 10.4. The summed E-state index contributed by atoms with van der Waals surface area (Å²) in [7, 11) is 0. The van der Waals surface area contributed by atoms with Crippen molar-refractivity contribution in [1.82, 2.24) is 0 Å². The van der Waals surface area contributed by atoms with Gasteiger partial charge in [-0.15, -0.1) is 0 Å². The maximum Gasteiger partial charge on any atom is 0.0443 e. The second-order valence-corrected chi connectivity index (χ2v) is 6.14. The molecular weight excluding hydrogens is 296 g/mol. The Bertz CT molecular complexity index is 95.9. The smallest absolute Gasteiger partial charge is 0.0443 e. The van der Waals surface area contributed by atoms with E-state index in [9.17, 15) is 0 Å². The lowest BCUT2D eigenvalue weighted by Crippen LogP contribution is -2.35. The first-order chi connectivity index (χ1) is 4.83. The Morgan fingerprint density at radius 3 is 2.20 bits per heavy atom. The minimum atomic E-state index is 0.475. The minimum absolute atomic E-state index is 0.475. The van der Waals surface area contributed by atoms with E-state index in [1.165, 1.54) is 17.3 Å². The Labute approximate surface area is 87.5 Å². The Kier molecular flexibility index (Phi) is 4.51.